The summed E-state index contributed by atoms with van der Waals surface area (Å²) >= 11 is 0. The van der Waals surface area contributed by atoms with Crippen LogP contribution in [0.4, 0.5) is 5.69 Å². The fourth-order valence-corrected chi connectivity index (χ4v) is 3.07. The number of pyridine rings is 1. The first-order valence-corrected chi connectivity index (χ1v) is 8.67. The van der Waals surface area contributed by atoms with Crippen molar-refractivity contribution >= 4 is 23.6 Å². The highest BCUT2D eigenvalue weighted by atomic mass is 16.5. The number of aromatic hydroxyl groups is 1. The summed E-state index contributed by atoms with van der Waals surface area (Å²) in [5, 5.41) is 24.8. The molecule has 3 aromatic rings. The van der Waals surface area contributed by atoms with Crippen LogP contribution >= 0.6 is 0 Å². The Hall–Kier alpha value is -4.20. The number of nitrogens with one attached hydrogen (secondary N) is 2. The first-order chi connectivity index (χ1) is 14.0. The Morgan fingerprint density at radius 3 is 2.52 bits per heavy atom. The van der Waals surface area contributed by atoms with Crippen LogP contribution in [-0.2, 0) is 4.74 Å². The van der Waals surface area contributed by atoms with Gasteiger partial charge in [0.05, 0.1) is 23.6 Å². The van der Waals surface area contributed by atoms with Gasteiger partial charge in [-0.25, -0.2) is 9.80 Å². The summed E-state index contributed by atoms with van der Waals surface area (Å²) in [6.45, 7) is 0. The molecule has 0 amide bonds. The van der Waals surface area contributed by atoms with Crippen molar-refractivity contribution in [3.05, 3.63) is 92.2 Å². The van der Waals surface area contributed by atoms with Crippen LogP contribution in [0.5, 0.6) is 5.88 Å². The summed E-state index contributed by atoms with van der Waals surface area (Å²) in [6.07, 6.45) is 1.59. The molecule has 3 N–H and O–H groups in total. The number of H-pyrrole nitrogens is 1. The first-order valence-electron chi connectivity index (χ1n) is 8.67. The molecule has 0 radical (unpaired) electrons. The van der Waals surface area contributed by atoms with Crippen LogP contribution < -0.4 is 21.1 Å². The molecule has 2 heterocycles. The summed E-state index contributed by atoms with van der Waals surface area (Å²) in [7, 11) is 1.30. The summed E-state index contributed by atoms with van der Waals surface area (Å²) in [5.74, 6) is -0.909. The summed E-state index contributed by atoms with van der Waals surface area (Å²) < 4.78 is 4.68. The molecule has 0 saturated carbocycles. The van der Waals surface area contributed by atoms with Crippen LogP contribution in [0.2, 0.25) is 0 Å². The lowest BCUT2D eigenvalue weighted by atomic mass is 10.1. The molecule has 0 atom stereocenters. The monoisotopic (exact) mass is 388 g/mol. The molecule has 0 fully saturated rings. The molecule has 1 aromatic heterocycles. The number of para-hydroxylation sites is 1. The number of esters is 1. The number of benzene rings is 2. The van der Waals surface area contributed by atoms with Crippen molar-refractivity contribution in [2.75, 3.05) is 12.1 Å². The smallest absolute Gasteiger partial charge is 0.337 e. The standard InChI is InChI=1S/C21H16N4O4/c1-29-21(28)13-9-7-12(8-10-13)11-15-17-16(20(27)23-19(15)26)18(22)25(24-17)14-5-3-2-4-6-14/h2-11,22,27H,1H3,(H,23,26). The molecule has 8 heteroatoms. The quantitative estimate of drug-likeness (QED) is 0.580. The van der Waals surface area contributed by atoms with E-state index in [4.69, 9.17) is 5.41 Å². The molecule has 1 aliphatic rings. The fraction of sp³-hybridized carbons (Fsp3) is 0.0476. The molecule has 29 heavy (non-hydrogen) atoms. The van der Waals surface area contributed by atoms with Crippen molar-refractivity contribution in [2.24, 2.45) is 5.10 Å². The minimum atomic E-state index is -0.537. The van der Waals surface area contributed by atoms with Crippen LogP contribution in [-0.4, -0.2) is 29.0 Å². The van der Waals surface area contributed by atoms with E-state index in [1.54, 1.807) is 42.5 Å². The Balaban J connectivity index is 1.89. The number of carbonyl (C=O) groups excluding carboxylic acids is 1. The van der Waals surface area contributed by atoms with E-state index in [1.165, 1.54) is 12.1 Å². The number of aromatic amines is 1. The molecule has 0 unspecified atom stereocenters. The number of ether oxygens (including phenoxy) is 1. The summed E-state index contributed by atoms with van der Waals surface area (Å²) in [4.78, 5) is 26.4. The van der Waals surface area contributed by atoms with E-state index in [1.807, 2.05) is 18.2 Å². The maximum absolute atomic E-state index is 12.5. The number of amidine groups is 1. The van der Waals surface area contributed by atoms with Gasteiger partial charge in [-0.15, -0.1) is 0 Å². The highest BCUT2D eigenvalue weighted by Crippen LogP contribution is 2.21. The first kappa shape index (κ1) is 18.2. The lowest BCUT2D eigenvalue weighted by molar-refractivity contribution is 0.0600. The predicted molar refractivity (Wildman–Crippen MR) is 107 cm³/mol. The molecule has 2 aromatic carbocycles. The molecule has 0 aliphatic carbocycles. The van der Waals surface area contributed by atoms with Crippen LogP contribution in [0.25, 0.3) is 6.08 Å². The van der Waals surface area contributed by atoms with Gasteiger partial charge in [-0.1, -0.05) is 30.3 Å². The van der Waals surface area contributed by atoms with E-state index in [9.17, 15) is 14.7 Å². The number of anilines is 1. The molecule has 4 rings (SSSR count). The van der Waals surface area contributed by atoms with E-state index in [2.05, 4.69) is 14.8 Å². The second-order valence-corrected chi connectivity index (χ2v) is 6.29. The van der Waals surface area contributed by atoms with Gasteiger partial charge in [-0.3, -0.25) is 15.2 Å². The Labute approximate surface area is 164 Å². The van der Waals surface area contributed by atoms with Gasteiger partial charge >= 0.3 is 5.97 Å². The van der Waals surface area contributed by atoms with Crippen LogP contribution in [0.3, 0.4) is 0 Å². The topological polar surface area (TPSA) is 119 Å². The van der Waals surface area contributed by atoms with E-state index in [-0.39, 0.29) is 22.0 Å². The van der Waals surface area contributed by atoms with Crippen LogP contribution in [0, 0.1) is 5.41 Å². The van der Waals surface area contributed by atoms with Crippen molar-refractivity contribution in [3.8, 4) is 5.88 Å². The van der Waals surface area contributed by atoms with Crippen molar-refractivity contribution in [1.82, 2.24) is 4.98 Å². The van der Waals surface area contributed by atoms with Crippen LogP contribution in [0.1, 0.15) is 21.5 Å². The van der Waals surface area contributed by atoms with Crippen molar-refractivity contribution in [1.29, 1.82) is 5.41 Å². The van der Waals surface area contributed by atoms with Gasteiger partial charge in [-0.05, 0) is 35.9 Å². The van der Waals surface area contributed by atoms with Gasteiger partial charge in [-0.2, -0.15) is 5.10 Å². The summed E-state index contributed by atoms with van der Waals surface area (Å²) in [6, 6.07) is 15.5. The zero-order valence-corrected chi connectivity index (χ0v) is 15.3. The number of hydrogen-bond donors (Lipinski definition) is 3. The average Bonchev–Trinajstić information content (AvgIpc) is 3.09. The predicted octanol–water partition coefficient (Wildman–Crippen LogP) is 1.08. The second kappa shape index (κ2) is 7.08. The lowest BCUT2D eigenvalue weighted by Gasteiger charge is -2.13. The Morgan fingerprint density at radius 2 is 1.86 bits per heavy atom. The lowest BCUT2D eigenvalue weighted by Crippen LogP contribution is -2.42. The number of aromatic nitrogens is 1. The maximum atomic E-state index is 12.5. The molecule has 1 aliphatic heterocycles. The highest BCUT2D eigenvalue weighted by Gasteiger charge is 2.26. The Bertz CT molecular complexity index is 1300. The Kier molecular flexibility index (Phi) is 4.44. The zero-order chi connectivity index (χ0) is 20.5. The molecule has 0 spiro atoms. The van der Waals surface area contributed by atoms with Gasteiger partial charge in [0, 0.05) is 0 Å². The zero-order valence-electron chi connectivity index (χ0n) is 15.3. The third-order valence-corrected chi connectivity index (χ3v) is 4.50. The molecule has 0 saturated heterocycles. The van der Waals surface area contributed by atoms with E-state index in [0.29, 0.717) is 16.8 Å². The highest BCUT2D eigenvalue weighted by molar-refractivity contribution is 6.10. The number of hydrogen-bond acceptors (Lipinski definition) is 6. The van der Waals surface area contributed by atoms with Gasteiger partial charge in [0.25, 0.3) is 5.56 Å². The number of nitrogens with zero attached hydrogens (tertiary/aromatic N) is 2. The van der Waals surface area contributed by atoms with E-state index in [0.717, 1.165) is 0 Å². The maximum Gasteiger partial charge on any atom is 0.337 e. The van der Waals surface area contributed by atoms with Gasteiger partial charge in [0.15, 0.2) is 5.84 Å². The minimum Gasteiger partial charge on any atom is -0.494 e. The molecule has 0 bridgehead atoms. The van der Waals surface area contributed by atoms with Crippen molar-refractivity contribution < 1.29 is 14.6 Å². The Morgan fingerprint density at radius 1 is 1.17 bits per heavy atom. The second-order valence-electron chi connectivity index (χ2n) is 6.29. The summed E-state index contributed by atoms with van der Waals surface area (Å²) in [5.41, 5.74) is 1.27. The third kappa shape index (κ3) is 3.16. The number of methoxy groups -OCH3 is 1. The van der Waals surface area contributed by atoms with E-state index >= 15 is 0 Å². The normalized spacial score (nSPS) is 13.2. The van der Waals surface area contributed by atoms with Crippen molar-refractivity contribution in [3.63, 3.8) is 0 Å². The van der Waals surface area contributed by atoms with Gasteiger partial charge in [0.2, 0.25) is 5.88 Å². The molecule has 8 nitrogen and oxygen atoms in total. The number of fused-ring (bicyclic) bond motifs is 1. The average molecular weight is 388 g/mol. The number of carbonyl (C=O) groups is 1. The number of rotatable bonds is 3. The van der Waals surface area contributed by atoms with Crippen molar-refractivity contribution in [2.45, 2.75) is 0 Å². The molecule has 144 valence electrons. The molecular formula is C21H16N4O4. The van der Waals surface area contributed by atoms with Gasteiger partial charge < -0.3 is 9.84 Å². The third-order valence-electron chi connectivity index (χ3n) is 4.50. The van der Waals surface area contributed by atoms with E-state index < -0.39 is 17.4 Å². The minimum absolute atomic E-state index is 0.0457. The fourth-order valence-electron chi connectivity index (χ4n) is 3.07. The van der Waals surface area contributed by atoms with Crippen LogP contribution in [0.15, 0.2) is 64.5 Å². The van der Waals surface area contributed by atoms with Gasteiger partial charge in [0.1, 0.15) is 10.9 Å². The SMILES string of the molecule is COC(=O)c1ccc(C=c2c(=O)[nH]c(O)c3c2=NN(c2ccccc2)C3=N)cc1. The largest absolute Gasteiger partial charge is 0.494 e. The molecular weight excluding hydrogens is 372 g/mol.